The van der Waals surface area contributed by atoms with E-state index in [2.05, 4.69) is 29.8 Å². The first kappa shape index (κ1) is 12.1. The average molecular weight is 222 g/mol. The lowest BCUT2D eigenvalue weighted by atomic mass is 9.76. The molecule has 92 valence electrons. The molecule has 0 bridgehead atoms. The van der Waals surface area contributed by atoms with Crippen LogP contribution in [-0.4, -0.2) is 37.1 Å². The van der Waals surface area contributed by atoms with Crippen LogP contribution >= 0.6 is 0 Å². The Balaban J connectivity index is 1.94. The molecular formula is C14H26N2. The molecule has 0 spiro atoms. The fourth-order valence-electron chi connectivity index (χ4n) is 2.96. The largest absolute Gasteiger partial charge is 0.317 e. The van der Waals surface area contributed by atoms with Crippen LogP contribution in [0.15, 0.2) is 12.7 Å². The monoisotopic (exact) mass is 222 g/mol. The molecule has 0 aromatic rings. The highest BCUT2D eigenvalue weighted by Crippen LogP contribution is 2.37. The lowest BCUT2D eigenvalue weighted by Gasteiger charge is -2.41. The molecule has 1 aliphatic carbocycles. The summed E-state index contributed by atoms with van der Waals surface area (Å²) in [7, 11) is 0. The summed E-state index contributed by atoms with van der Waals surface area (Å²) in [6, 6.07) is 0.872. The number of nitrogens with one attached hydrogen (secondary N) is 1. The minimum Gasteiger partial charge on any atom is -0.317 e. The topological polar surface area (TPSA) is 15.3 Å². The van der Waals surface area contributed by atoms with Gasteiger partial charge in [-0.2, -0.15) is 0 Å². The van der Waals surface area contributed by atoms with E-state index in [1.165, 1.54) is 51.7 Å². The summed E-state index contributed by atoms with van der Waals surface area (Å²) >= 11 is 0. The van der Waals surface area contributed by atoms with Crippen molar-refractivity contribution in [1.29, 1.82) is 0 Å². The van der Waals surface area contributed by atoms with Gasteiger partial charge in [0.2, 0.25) is 0 Å². The van der Waals surface area contributed by atoms with Crippen molar-refractivity contribution < 1.29 is 0 Å². The second-order valence-corrected chi connectivity index (χ2v) is 5.55. The molecule has 2 nitrogen and oxygen atoms in total. The highest BCUT2D eigenvalue weighted by Gasteiger charge is 2.36. The maximum atomic E-state index is 3.90. The van der Waals surface area contributed by atoms with Crippen LogP contribution in [0.5, 0.6) is 0 Å². The molecule has 0 atom stereocenters. The van der Waals surface area contributed by atoms with E-state index >= 15 is 0 Å². The molecule has 0 amide bonds. The minimum atomic E-state index is 0.580. The predicted octanol–water partition coefficient (Wildman–Crippen LogP) is 2.42. The zero-order valence-corrected chi connectivity index (χ0v) is 10.7. The van der Waals surface area contributed by atoms with Crippen molar-refractivity contribution in [2.45, 2.75) is 45.1 Å². The first-order valence-corrected chi connectivity index (χ1v) is 6.85. The van der Waals surface area contributed by atoms with Gasteiger partial charge >= 0.3 is 0 Å². The van der Waals surface area contributed by atoms with E-state index in [1.54, 1.807) is 0 Å². The van der Waals surface area contributed by atoms with Crippen molar-refractivity contribution in [3.8, 4) is 0 Å². The summed E-state index contributed by atoms with van der Waals surface area (Å²) < 4.78 is 0. The Labute approximate surface area is 100 Å². The Morgan fingerprint density at radius 1 is 1.38 bits per heavy atom. The highest BCUT2D eigenvalue weighted by molar-refractivity contribution is 4.94. The van der Waals surface area contributed by atoms with E-state index in [0.717, 1.165) is 12.6 Å². The molecule has 1 N–H and O–H groups in total. The summed E-state index contributed by atoms with van der Waals surface area (Å²) in [5, 5.41) is 3.49. The maximum absolute atomic E-state index is 3.90. The van der Waals surface area contributed by atoms with Crippen molar-refractivity contribution in [2.24, 2.45) is 5.41 Å². The third-order valence-corrected chi connectivity index (χ3v) is 4.38. The molecule has 16 heavy (non-hydrogen) atoms. The third kappa shape index (κ3) is 2.86. The number of rotatable bonds is 6. The quantitative estimate of drug-likeness (QED) is 0.694. The first-order chi connectivity index (χ1) is 7.79. The van der Waals surface area contributed by atoms with E-state index in [1.807, 2.05) is 0 Å². The molecule has 1 aliphatic heterocycles. The molecule has 2 fully saturated rings. The summed E-state index contributed by atoms with van der Waals surface area (Å²) in [5.74, 6) is 0. The van der Waals surface area contributed by atoms with Gasteiger partial charge in [-0.15, -0.1) is 6.58 Å². The number of nitrogens with zero attached hydrogens (tertiary/aromatic N) is 1. The molecule has 2 rings (SSSR count). The Bertz CT molecular complexity index is 227. The second-order valence-electron chi connectivity index (χ2n) is 5.55. The molecule has 1 saturated heterocycles. The Hall–Kier alpha value is -0.340. The summed E-state index contributed by atoms with van der Waals surface area (Å²) in [4.78, 5) is 2.67. The Morgan fingerprint density at radius 2 is 2.06 bits per heavy atom. The molecule has 0 aromatic carbocycles. The molecule has 2 heteroatoms. The highest BCUT2D eigenvalue weighted by atomic mass is 15.2. The smallest absolute Gasteiger partial charge is 0.0163 e. The van der Waals surface area contributed by atoms with Gasteiger partial charge in [0.1, 0.15) is 0 Å². The van der Waals surface area contributed by atoms with Crippen LogP contribution in [0.1, 0.15) is 39.0 Å². The molecule has 0 unspecified atom stereocenters. The molecule has 1 heterocycles. The number of hydrogen-bond donors (Lipinski definition) is 1. The van der Waals surface area contributed by atoms with Crippen molar-refractivity contribution in [1.82, 2.24) is 10.2 Å². The van der Waals surface area contributed by atoms with Gasteiger partial charge < -0.3 is 5.32 Å². The van der Waals surface area contributed by atoms with E-state index in [0.29, 0.717) is 5.41 Å². The van der Waals surface area contributed by atoms with Gasteiger partial charge in [0.05, 0.1) is 0 Å². The van der Waals surface area contributed by atoms with Crippen LogP contribution in [0.25, 0.3) is 0 Å². The second kappa shape index (κ2) is 5.33. The Kier molecular flexibility index (Phi) is 4.04. The normalized spacial score (nSPS) is 24.6. The van der Waals surface area contributed by atoms with Crippen LogP contribution in [0.2, 0.25) is 0 Å². The van der Waals surface area contributed by atoms with Gasteiger partial charge in [0, 0.05) is 19.1 Å². The molecule has 0 radical (unpaired) electrons. The Morgan fingerprint density at radius 3 is 2.56 bits per heavy atom. The van der Waals surface area contributed by atoms with Gasteiger partial charge in [-0.1, -0.05) is 13.0 Å². The summed E-state index contributed by atoms with van der Waals surface area (Å²) in [5.41, 5.74) is 0.580. The minimum absolute atomic E-state index is 0.580. The van der Waals surface area contributed by atoms with Crippen molar-refractivity contribution in [2.75, 3.05) is 26.2 Å². The lowest BCUT2D eigenvalue weighted by molar-refractivity contribution is 0.109. The fourth-order valence-corrected chi connectivity index (χ4v) is 2.96. The zero-order chi connectivity index (χ0) is 11.4. The zero-order valence-electron chi connectivity index (χ0n) is 10.7. The number of piperidine rings is 1. The van der Waals surface area contributed by atoms with Crippen LogP contribution < -0.4 is 5.32 Å². The van der Waals surface area contributed by atoms with E-state index in [9.17, 15) is 0 Å². The molecule has 0 aromatic heterocycles. The summed E-state index contributed by atoms with van der Waals surface area (Å²) in [6.07, 6.45) is 8.92. The average Bonchev–Trinajstić information content (AvgIpc) is 3.14. The van der Waals surface area contributed by atoms with E-state index < -0.39 is 0 Å². The molecule has 1 saturated carbocycles. The van der Waals surface area contributed by atoms with Gasteiger partial charge in [-0.05, 0) is 50.6 Å². The lowest BCUT2D eigenvalue weighted by Crippen LogP contribution is -2.45. The van der Waals surface area contributed by atoms with Gasteiger partial charge in [-0.25, -0.2) is 0 Å². The SMILES string of the molecule is C=CCN(CC1(CC)CCNCC1)C1CC1. The van der Waals surface area contributed by atoms with Crippen LogP contribution in [-0.2, 0) is 0 Å². The first-order valence-electron chi connectivity index (χ1n) is 6.85. The number of hydrogen-bond acceptors (Lipinski definition) is 2. The molecular weight excluding hydrogens is 196 g/mol. The van der Waals surface area contributed by atoms with Gasteiger partial charge in [0.25, 0.3) is 0 Å². The maximum Gasteiger partial charge on any atom is 0.0163 e. The van der Waals surface area contributed by atoms with E-state index in [4.69, 9.17) is 0 Å². The predicted molar refractivity (Wildman–Crippen MR) is 69.6 cm³/mol. The van der Waals surface area contributed by atoms with Gasteiger partial charge in [0.15, 0.2) is 0 Å². The van der Waals surface area contributed by atoms with E-state index in [-0.39, 0.29) is 0 Å². The van der Waals surface area contributed by atoms with Crippen LogP contribution in [0, 0.1) is 5.41 Å². The van der Waals surface area contributed by atoms with Crippen LogP contribution in [0.3, 0.4) is 0 Å². The van der Waals surface area contributed by atoms with Crippen LogP contribution in [0.4, 0.5) is 0 Å². The van der Waals surface area contributed by atoms with Crippen molar-refractivity contribution in [3.63, 3.8) is 0 Å². The third-order valence-electron chi connectivity index (χ3n) is 4.38. The van der Waals surface area contributed by atoms with Gasteiger partial charge in [-0.3, -0.25) is 4.90 Å². The fraction of sp³-hybridized carbons (Fsp3) is 0.857. The van der Waals surface area contributed by atoms with Crippen molar-refractivity contribution in [3.05, 3.63) is 12.7 Å². The summed E-state index contributed by atoms with van der Waals surface area (Å²) in [6.45, 7) is 11.1. The standard InChI is InChI=1S/C14H26N2/c1-3-11-16(13-5-6-13)12-14(4-2)7-9-15-10-8-14/h3,13,15H,1,4-12H2,2H3. The molecule has 2 aliphatic rings. The van der Waals surface area contributed by atoms with Crippen molar-refractivity contribution >= 4 is 0 Å².